The number of nitrogens with zero attached hydrogens (tertiary/aromatic N) is 1. The number of aromatic nitrogens is 1. The van der Waals surface area contributed by atoms with Crippen molar-refractivity contribution in [1.29, 1.82) is 0 Å². The number of H-pyrrole nitrogens is 1. The van der Waals surface area contributed by atoms with Gasteiger partial charge in [0.1, 0.15) is 5.56 Å². The molecular formula is C26H34F3N3O. The lowest BCUT2D eigenvalue weighted by Crippen LogP contribution is -2.25. The van der Waals surface area contributed by atoms with Gasteiger partial charge in [-0.1, -0.05) is 44.9 Å². The Bertz CT molecular complexity index is 970. The van der Waals surface area contributed by atoms with E-state index in [4.69, 9.17) is 0 Å². The van der Waals surface area contributed by atoms with E-state index < -0.39 is 17.3 Å². The highest BCUT2D eigenvalue weighted by Crippen LogP contribution is 2.33. The molecule has 7 heteroatoms. The summed E-state index contributed by atoms with van der Waals surface area (Å²) in [6.45, 7) is 8.34. The molecule has 4 nitrogen and oxygen atoms in total. The molecule has 1 fully saturated rings. The topological polar surface area (TPSA) is 48.1 Å². The van der Waals surface area contributed by atoms with E-state index in [9.17, 15) is 18.0 Å². The van der Waals surface area contributed by atoms with E-state index in [-0.39, 0.29) is 0 Å². The van der Waals surface area contributed by atoms with Gasteiger partial charge in [-0.15, -0.1) is 0 Å². The molecule has 180 valence electrons. The van der Waals surface area contributed by atoms with E-state index in [1.54, 1.807) is 0 Å². The number of aromatic amines is 1. The number of halogens is 3. The molecule has 0 atom stereocenters. The molecule has 1 heterocycles. The van der Waals surface area contributed by atoms with Crippen molar-refractivity contribution >= 4 is 11.3 Å². The quantitative estimate of drug-likeness (QED) is 0.417. The first-order chi connectivity index (χ1) is 15.8. The van der Waals surface area contributed by atoms with Crippen LogP contribution in [0.15, 0.2) is 47.3 Å². The van der Waals surface area contributed by atoms with Crippen molar-refractivity contribution in [2.24, 2.45) is 5.92 Å². The van der Waals surface area contributed by atoms with E-state index in [0.717, 1.165) is 81.2 Å². The molecule has 0 bridgehead atoms. The summed E-state index contributed by atoms with van der Waals surface area (Å²) in [6.07, 6.45) is 2.89. The fraction of sp³-hybridized carbons (Fsp3) is 0.500. The van der Waals surface area contributed by atoms with Gasteiger partial charge < -0.3 is 15.2 Å². The number of nitrogens with one attached hydrogen (secondary N) is 2. The summed E-state index contributed by atoms with van der Waals surface area (Å²) < 4.78 is 39.1. The molecule has 1 aromatic carbocycles. The van der Waals surface area contributed by atoms with Crippen molar-refractivity contribution in [2.75, 3.05) is 31.5 Å². The number of allylic oxidation sites excluding steroid dienone is 1. The van der Waals surface area contributed by atoms with Crippen molar-refractivity contribution in [1.82, 2.24) is 9.88 Å². The van der Waals surface area contributed by atoms with Crippen LogP contribution in [0.5, 0.6) is 0 Å². The number of rotatable bonds is 10. The second-order valence-corrected chi connectivity index (χ2v) is 8.62. The van der Waals surface area contributed by atoms with Crippen LogP contribution in [0.25, 0.3) is 5.57 Å². The standard InChI is InChI=1S/C26H34F3N3O/c1-3-32(4-2)17-7-16-30-21-12-10-20(11-13-21)22(18-19-8-5-6-9-19)24-15-14-23(25(33)31-24)26(27,28)29/h10-15,18-19,30H,3-9,16-17H2,1-2H3,(H,31,33)/b22-18-. The van der Waals surface area contributed by atoms with E-state index in [2.05, 4.69) is 35.1 Å². The normalized spacial score (nSPS) is 15.4. The first kappa shape index (κ1) is 25.1. The molecule has 1 saturated carbocycles. The van der Waals surface area contributed by atoms with Crippen LogP contribution in [-0.4, -0.2) is 36.1 Å². The minimum Gasteiger partial charge on any atom is -0.385 e. The first-order valence-corrected chi connectivity index (χ1v) is 11.9. The van der Waals surface area contributed by atoms with Gasteiger partial charge >= 0.3 is 6.18 Å². The predicted molar refractivity (Wildman–Crippen MR) is 128 cm³/mol. The van der Waals surface area contributed by atoms with Crippen molar-refractivity contribution in [3.63, 3.8) is 0 Å². The molecule has 0 saturated heterocycles. The molecule has 2 aromatic rings. The van der Waals surface area contributed by atoms with E-state index in [0.29, 0.717) is 11.6 Å². The second kappa shape index (κ2) is 11.5. The molecule has 1 aromatic heterocycles. The SMILES string of the molecule is CCN(CC)CCCNc1ccc(/C(=C/C2CCCC2)c2ccc(C(F)(F)F)c(=O)[nH]2)cc1. The molecule has 2 N–H and O–H groups in total. The zero-order valence-electron chi connectivity index (χ0n) is 19.5. The van der Waals surface area contributed by atoms with E-state index in [1.807, 2.05) is 24.3 Å². The average Bonchev–Trinajstić information content (AvgIpc) is 3.30. The Hall–Kier alpha value is -2.54. The van der Waals surface area contributed by atoms with E-state index >= 15 is 0 Å². The van der Waals surface area contributed by atoms with Crippen molar-refractivity contribution in [3.8, 4) is 0 Å². The maximum atomic E-state index is 13.0. The summed E-state index contributed by atoms with van der Waals surface area (Å²) in [4.78, 5) is 17.0. The molecule has 0 aliphatic heterocycles. The zero-order chi connectivity index (χ0) is 23.8. The van der Waals surface area contributed by atoms with E-state index in [1.165, 1.54) is 6.07 Å². The highest BCUT2D eigenvalue weighted by Gasteiger charge is 2.34. The average molecular weight is 462 g/mol. The molecule has 1 aliphatic carbocycles. The number of pyridine rings is 1. The summed E-state index contributed by atoms with van der Waals surface area (Å²) in [7, 11) is 0. The third-order valence-electron chi connectivity index (χ3n) is 6.38. The summed E-state index contributed by atoms with van der Waals surface area (Å²) in [5, 5.41) is 3.43. The van der Waals surface area contributed by atoms with Gasteiger partial charge in [-0.25, -0.2) is 0 Å². The van der Waals surface area contributed by atoms with Crippen LogP contribution in [0, 0.1) is 5.92 Å². The molecule has 3 rings (SSSR count). The minimum atomic E-state index is -4.67. The van der Waals surface area contributed by atoms with Crippen LogP contribution in [-0.2, 0) is 6.18 Å². The van der Waals surface area contributed by atoms with Gasteiger partial charge in [-0.3, -0.25) is 4.79 Å². The largest absolute Gasteiger partial charge is 0.421 e. The Balaban J connectivity index is 1.78. The third kappa shape index (κ3) is 6.97. The van der Waals surface area contributed by atoms with Crippen LogP contribution < -0.4 is 10.9 Å². The highest BCUT2D eigenvalue weighted by molar-refractivity contribution is 5.78. The molecule has 33 heavy (non-hydrogen) atoms. The zero-order valence-corrected chi connectivity index (χ0v) is 19.5. The van der Waals surface area contributed by atoms with Gasteiger partial charge in [0.15, 0.2) is 0 Å². The van der Waals surface area contributed by atoms with Gasteiger partial charge in [0, 0.05) is 23.5 Å². The van der Waals surface area contributed by atoms with Crippen molar-refractivity contribution in [2.45, 2.75) is 52.1 Å². The molecule has 0 unspecified atom stereocenters. The number of anilines is 1. The summed E-state index contributed by atoms with van der Waals surface area (Å²) >= 11 is 0. The van der Waals surface area contributed by atoms with Crippen molar-refractivity contribution < 1.29 is 13.2 Å². The Kier molecular flexibility index (Phi) is 8.78. The molecule has 0 radical (unpaired) electrons. The Morgan fingerprint density at radius 3 is 2.33 bits per heavy atom. The van der Waals surface area contributed by atoms with Crippen LogP contribution >= 0.6 is 0 Å². The van der Waals surface area contributed by atoms with Crippen LogP contribution in [0.3, 0.4) is 0 Å². The summed E-state index contributed by atoms with van der Waals surface area (Å²) in [6, 6.07) is 10.1. The number of hydrogen-bond donors (Lipinski definition) is 2. The highest BCUT2D eigenvalue weighted by atomic mass is 19.4. The van der Waals surface area contributed by atoms with Crippen LogP contribution in [0.1, 0.15) is 62.8 Å². The number of benzene rings is 1. The Labute approximate surface area is 193 Å². The van der Waals surface area contributed by atoms with Crippen LogP contribution in [0.2, 0.25) is 0 Å². The fourth-order valence-electron chi connectivity index (χ4n) is 4.40. The maximum absolute atomic E-state index is 13.0. The first-order valence-electron chi connectivity index (χ1n) is 11.9. The Morgan fingerprint density at radius 2 is 1.76 bits per heavy atom. The number of hydrogen-bond acceptors (Lipinski definition) is 3. The molecule has 0 amide bonds. The van der Waals surface area contributed by atoms with Gasteiger partial charge in [-0.2, -0.15) is 13.2 Å². The smallest absolute Gasteiger partial charge is 0.385 e. The monoisotopic (exact) mass is 461 g/mol. The lowest BCUT2D eigenvalue weighted by atomic mass is 9.95. The Morgan fingerprint density at radius 1 is 1.09 bits per heavy atom. The van der Waals surface area contributed by atoms with Crippen molar-refractivity contribution in [3.05, 3.63) is 69.6 Å². The van der Waals surface area contributed by atoms with Gasteiger partial charge in [0.2, 0.25) is 0 Å². The lowest BCUT2D eigenvalue weighted by Gasteiger charge is -2.18. The van der Waals surface area contributed by atoms with Crippen LogP contribution in [0.4, 0.5) is 18.9 Å². The molecule has 1 aliphatic rings. The summed E-state index contributed by atoms with van der Waals surface area (Å²) in [5.74, 6) is 0.365. The minimum absolute atomic E-state index is 0.365. The predicted octanol–water partition coefficient (Wildman–Crippen LogP) is 6.16. The van der Waals surface area contributed by atoms with Gasteiger partial charge in [0.05, 0.1) is 0 Å². The lowest BCUT2D eigenvalue weighted by molar-refractivity contribution is -0.138. The summed E-state index contributed by atoms with van der Waals surface area (Å²) in [5.41, 5.74) is 0.797. The third-order valence-corrected chi connectivity index (χ3v) is 6.38. The van der Waals surface area contributed by atoms with Gasteiger partial charge in [-0.05, 0) is 74.6 Å². The molecule has 0 spiro atoms. The molecular weight excluding hydrogens is 427 g/mol. The maximum Gasteiger partial charge on any atom is 0.421 e. The second-order valence-electron chi connectivity index (χ2n) is 8.62. The van der Waals surface area contributed by atoms with Gasteiger partial charge in [0.25, 0.3) is 5.56 Å². The fourth-order valence-corrected chi connectivity index (χ4v) is 4.40. The number of alkyl halides is 3.